The lowest BCUT2D eigenvalue weighted by Crippen LogP contribution is -2.50. The smallest absolute Gasteiger partial charge is 0.410 e. The Bertz CT molecular complexity index is 623. The summed E-state index contributed by atoms with van der Waals surface area (Å²) in [5.41, 5.74) is 5.31. The van der Waals surface area contributed by atoms with Gasteiger partial charge in [-0.3, -0.25) is 9.69 Å². The minimum absolute atomic E-state index is 0.128. The molecule has 1 aromatic rings. The molecule has 0 aromatic carbocycles. The summed E-state index contributed by atoms with van der Waals surface area (Å²) < 4.78 is 5.39. The molecule has 0 atom stereocenters. The summed E-state index contributed by atoms with van der Waals surface area (Å²) in [4.78, 5) is 35.8. The molecule has 0 bridgehead atoms. The normalized spacial score (nSPS) is 15.6. The van der Waals surface area contributed by atoms with E-state index in [1.54, 1.807) is 4.90 Å². The Balaban J connectivity index is 1.64. The van der Waals surface area contributed by atoms with E-state index in [0.717, 1.165) is 26.1 Å². The predicted molar refractivity (Wildman–Crippen MR) is 97.6 cm³/mol. The van der Waals surface area contributed by atoms with E-state index >= 15 is 0 Å². The predicted octanol–water partition coefficient (Wildman–Crippen LogP) is 0.731. The Morgan fingerprint density at radius 1 is 1.19 bits per heavy atom. The van der Waals surface area contributed by atoms with Crippen LogP contribution in [0.4, 0.5) is 10.6 Å². The Hall–Kier alpha value is -2.42. The maximum atomic E-state index is 12.0. The first kappa shape index (κ1) is 19.9. The Morgan fingerprint density at radius 2 is 1.85 bits per heavy atom. The summed E-state index contributed by atoms with van der Waals surface area (Å²) in [6, 6.07) is 0. The van der Waals surface area contributed by atoms with Crippen molar-refractivity contribution in [3.63, 3.8) is 0 Å². The van der Waals surface area contributed by atoms with Crippen LogP contribution >= 0.6 is 0 Å². The van der Waals surface area contributed by atoms with E-state index in [4.69, 9.17) is 10.5 Å². The molecule has 9 nitrogen and oxygen atoms in total. The second-order valence-electron chi connectivity index (χ2n) is 7.21. The van der Waals surface area contributed by atoms with E-state index < -0.39 is 5.60 Å². The van der Waals surface area contributed by atoms with Crippen LogP contribution in [0.1, 0.15) is 37.7 Å². The van der Waals surface area contributed by atoms with Crippen LogP contribution in [0.5, 0.6) is 0 Å². The van der Waals surface area contributed by atoms with E-state index in [9.17, 15) is 9.59 Å². The average Bonchev–Trinajstić information content (AvgIpc) is 2.58. The largest absolute Gasteiger partial charge is 0.444 e. The first-order valence-electron chi connectivity index (χ1n) is 8.81. The van der Waals surface area contributed by atoms with Crippen LogP contribution in [-0.2, 0) is 4.74 Å². The lowest BCUT2D eigenvalue weighted by molar-refractivity contribution is 0.0144. The molecule has 0 unspecified atom stereocenters. The summed E-state index contributed by atoms with van der Waals surface area (Å²) in [5, 5.41) is 2.80. The van der Waals surface area contributed by atoms with Gasteiger partial charge in [0, 0.05) is 45.1 Å². The Labute approximate surface area is 153 Å². The van der Waals surface area contributed by atoms with Gasteiger partial charge in [0.15, 0.2) is 11.5 Å². The van der Waals surface area contributed by atoms with Gasteiger partial charge < -0.3 is 20.7 Å². The van der Waals surface area contributed by atoms with Gasteiger partial charge in [0.1, 0.15) is 5.60 Å². The van der Waals surface area contributed by atoms with Gasteiger partial charge in [-0.25, -0.2) is 14.8 Å². The molecule has 2 rings (SSSR count). The summed E-state index contributed by atoms with van der Waals surface area (Å²) in [5.74, 6) is -0.186. The number of nitrogens with one attached hydrogen (secondary N) is 1. The van der Waals surface area contributed by atoms with Crippen molar-refractivity contribution in [2.45, 2.75) is 32.8 Å². The molecule has 144 valence electrons. The van der Waals surface area contributed by atoms with Crippen molar-refractivity contribution in [1.29, 1.82) is 0 Å². The number of hydrogen-bond acceptors (Lipinski definition) is 7. The number of rotatable bonds is 5. The lowest BCUT2D eigenvalue weighted by atomic mass is 10.2. The number of amides is 2. The van der Waals surface area contributed by atoms with Gasteiger partial charge in [0.05, 0.1) is 0 Å². The van der Waals surface area contributed by atoms with Crippen molar-refractivity contribution in [3.8, 4) is 0 Å². The van der Waals surface area contributed by atoms with Crippen molar-refractivity contribution < 1.29 is 14.3 Å². The molecular weight excluding hydrogens is 336 g/mol. The number of ether oxygens (including phenoxy) is 1. The molecule has 2 heterocycles. The summed E-state index contributed by atoms with van der Waals surface area (Å²) in [7, 11) is 0. The second-order valence-corrected chi connectivity index (χ2v) is 7.21. The molecule has 1 saturated heterocycles. The third kappa shape index (κ3) is 6.14. The van der Waals surface area contributed by atoms with Crippen LogP contribution in [-0.4, -0.2) is 76.6 Å². The quantitative estimate of drug-likeness (QED) is 0.740. The summed E-state index contributed by atoms with van der Waals surface area (Å²) in [6.07, 6.45) is 3.43. The van der Waals surface area contributed by atoms with E-state index in [2.05, 4.69) is 20.2 Å². The van der Waals surface area contributed by atoms with Gasteiger partial charge in [-0.2, -0.15) is 0 Å². The molecule has 1 aliphatic rings. The fraction of sp³-hybridized carbons (Fsp3) is 0.647. The van der Waals surface area contributed by atoms with E-state index in [-0.39, 0.29) is 23.5 Å². The molecule has 1 aromatic heterocycles. The average molecular weight is 364 g/mol. The number of nitrogens with two attached hydrogens (primary N) is 1. The van der Waals surface area contributed by atoms with Gasteiger partial charge in [-0.15, -0.1) is 0 Å². The van der Waals surface area contributed by atoms with Crippen molar-refractivity contribution in [3.05, 3.63) is 18.1 Å². The highest BCUT2D eigenvalue weighted by molar-refractivity contribution is 5.96. The van der Waals surface area contributed by atoms with Gasteiger partial charge >= 0.3 is 6.09 Å². The third-order valence-electron chi connectivity index (χ3n) is 3.90. The van der Waals surface area contributed by atoms with Gasteiger partial charge in [0.25, 0.3) is 5.91 Å². The Morgan fingerprint density at radius 3 is 2.46 bits per heavy atom. The highest BCUT2D eigenvalue weighted by Crippen LogP contribution is 2.12. The maximum Gasteiger partial charge on any atom is 0.410 e. The van der Waals surface area contributed by atoms with Crippen LogP contribution in [0.15, 0.2) is 12.4 Å². The molecule has 0 radical (unpaired) electrons. The molecule has 1 fully saturated rings. The molecular formula is C17H28N6O3. The van der Waals surface area contributed by atoms with Gasteiger partial charge in [-0.1, -0.05) is 0 Å². The lowest BCUT2D eigenvalue weighted by Gasteiger charge is -2.35. The fourth-order valence-corrected chi connectivity index (χ4v) is 2.59. The van der Waals surface area contributed by atoms with Gasteiger partial charge in [-0.05, 0) is 33.7 Å². The number of anilines is 1. The molecule has 3 N–H and O–H groups in total. The van der Waals surface area contributed by atoms with Crippen LogP contribution < -0.4 is 11.1 Å². The number of nitrogen functional groups attached to an aromatic ring is 1. The van der Waals surface area contributed by atoms with Crippen LogP contribution in [0.3, 0.4) is 0 Å². The molecule has 9 heteroatoms. The summed E-state index contributed by atoms with van der Waals surface area (Å²) >= 11 is 0. The first-order valence-corrected chi connectivity index (χ1v) is 8.81. The van der Waals surface area contributed by atoms with Crippen LogP contribution in [0.25, 0.3) is 0 Å². The highest BCUT2D eigenvalue weighted by Gasteiger charge is 2.25. The number of aromatic nitrogens is 2. The minimum Gasteiger partial charge on any atom is -0.444 e. The number of carbonyl (C=O) groups excluding carboxylic acids is 2. The Kier molecular flexibility index (Phi) is 6.73. The van der Waals surface area contributed by atoms with Crippen molar-refractivity contribution >= 4 is 17.8 Å². The molecule has 1 aliphatic heterocycles. The van der Waals surface area contributed by atoms with Gasteiger partial charge in [0.2, 0.25) is 0 Å². The van der Waals surface area contributed by atoms with E-state index in [1.165, 1.54) is 12.4 Å². The first-order chi connectivity index (χ1) is 12.3. The van der Waals surface area contributed by atoms with Crippen molar-refractivity contribution in [2.75, 3.05) is 45.0 Å². The number of piperazine rings is 1. The van der Waals surface area contributed by atoms with Crippen LogP contribution in [0, 0.1) is 0 Å². The monoisotopic (exact) mass is 364 g/mol. The summed E-state index contributed by atoms with van der Waals surface area (Å²) in [6.45, 7) is 9.86. The molecule has 0 saturated carbocycles. The van der Waals surface area contributed by atoms with Crippen molar-refractivity contribution in [1.82, 2.24) is 25.1 Å². The highest BCUT2D eigenvalue weighted by atomic mass is 16.6. The molecule has 0 spiro atoms. The zero-order valence-corrected chi connectivity index (χ0v) is 15.7. The topological polar surface area (TPSA) is 114 Å². The molecule has 2 amide bonds. The van der Waals surface area contributed by atoms with Crippen molar-refractivity contribution in [2.24, 2.45) is 0 Å². The zero-order chi connectivity index (χ0) is 19.2. The zero-order valence-electron chi connectivity index (χ0n) is 15.7. The SMILES string of the molecule is CC(C)(C)OC(=O)N1CCN(CCCNC(=O)c2nccnc2N)CC1. The minimum atomic E-state index is -0.473. The van der Waals surface area contributed by atoms with Crippen LogP contribution in [0.2, 0.25) is 0 Å². The fourth-order valence-electron chi connectivity index (χ4n) is 2.59. The van der Waals surface area contributed by atoms with E-state index in [0.29, 0.717) is 19.6 Å². The number of carbonyl (C=O) groups is 2. The number of hydrogen-bond donors (Lipinski definition) is 2. The molecule has 26 heavy (non-hydrogen) atoms. The van der Waals surface area contributed by atoms with E-state index in [1.807, 2.05) is 20.8 Å². The maximum absolute atomic E-state index is 12.0. The second kappa shape index (κ2) is 8.79. The third-order valence-corrected chi connectivity index (χ3v) is 3.90. The molecule has 0 aliphatic carbocycles. The standard InChI is InChI=1S/C17H28N6O3/c1-17(2,3)26-16(25)23-11-9-22(10-12-23)8-4-5-21-15(24)13-14(18)20-7-6-19-13/h6-7H,4-5,8-12H2,1-3H3,(H2,18,20)(H,21,24). The number of nitrogens with zero attached hydrogens (tertiary/aromatic N) is 4.